The van der Waals surface area contributed by atoms with E-state index in [0.717, 1.165) is 18.4 Å². The SMILES string of the molecule is CO[C@H]1C=CO[C@]2(C)Oc3c(C)c(O)c4c(O)c(cc(OCC(=O)O)c4c3C2=O)NC(=O)C(C)=CC=C[C@](C)(O)C(=O)[C@H](C)[C@@H](O)[C@H](C)[C@H](OC(C)=O)[C@@H]1C. The third-order valence-corrected chi connectivity index (χ3v) is 9.99. The van der Waals surface area contributed by atoms with Gasteiger partial charge in [0.05, 0.1) is 35.1 Å². The van der Waals surface area contributed by atoms with Gasteiger partial charge < -0.3 is 54.5 Å². The molecule has 1 amide bonds. The summed E-state index contributed by atoms with van der Waals surface area (Å²) < 4.78 is 28.7. The van der Waals surface area contributed by atoms with Gasteiger partial charge in [-0.1, -0.05) is 32.9 Å². The highest BCUT2D eigenvalue weighted by Gasteiger charge is 2.50. The number of aliphatic hydroxyl groups is 2. The van der Waals surface area contributed by atoms with Crippen molar-refractivity contribution in [3.8, 4) is 23.0 Å². The van der Waals surface area contributed by atoms with Crippen LogP contribution in [0.4, 0.5) is 5.69 Å². The second-order valence-electron chi connectivity index (χ2n) is 14.2. The number of carbonyl (C=O) groups is 5. The Bertz CT molecular complexity index is 2000. The van der Waals surface area contributed by atoms with Gasteiger partial charge in [0.15, 0.2) is 18.1 Å². The summed E-state index contributed by atoms with van der Waals surface area (Å²) in [7, 11) is 1.37. The summed E-state index contributed by atoms with van der Waals surface area (Å²) >= 11 is 0. The monoisotopic (exact) mass is 769 g/mol. The standard InChI is InChI=1S/C39H47NO15/c1-17-11-10-13-38(7,50)35(47)21(5)30(44)19(3)33(54-22(6)41)18(2)24(51-9)12-14-53-39(8)36(48)29-27-25(52-16-26(42)43)15-23(40-37(17)49)32(46)28(27)31(45)20(4)34(29)55-39/h10-15,18-19,21,24,30,33,44-46,50H,16H2,1-9H3,(H,40,49)(H,42,43)/t18-,19+,21-,24+,30+,33-,38+,39-/m1/s1. The van der Waals surface area contributed by atoms with Crippen LogP contribution in [0.1, 0.15) is 64.4 Å². The lowest BCUT2D eigenvalue weighted by Gasteiger charge is -2.37. The smallest absolute Gasteiger partial charge is 0.341 e. The predicted molar refractivity (Wildman–Crippen MR) is 196 cm³/mol. The molecule has 0 aliphatic carbocycles. The van der Waals surface area contributed by atoms with Gasteiger partial charge in [0.1, 0.15) is 29.0 Å². The molecule has 2 aromatic rings. The van der Waals surface area contributed by atoms with Gasteiger partial charge in [0.2, 0.25) is 0 Å². The van der Waals surface area contributed by atoms with Crippen LogP contribution in [0.3, 0.4) is 0 Å². The molecule has 2 aromatic carbocycles. The van der Waals surface area contributed by atoms with E-state index in [1.807, 2.05) is 0 Å². The molecular weight excluding hydrogens is 722 g/mol. The number of phenols is 2. The Morgan fingerprint density at radius 1 is 1.02 bits per heavy atom. The van der Waals surface area contributed by atoms with Gasteiger partial charge in [-0.25, -0.2) is 4.79 Å². The van der Waals surface area contributed by atoms with Crippen molar-refractivity contribution in [3.63, 3.8) is 0 Å². The van der Waals surface area contributed by atoms with Crippen LogP contribution >= 0.6 is 0 Å². The number of carboxylic acids is 1. The van der Waals surface area contributed by atoms with Crippen molar-refractivity contribution in [1.29, 1.82) is 0 Å². The largest absolute Gasteiger partial charge is 0.507 e. The minimum atomic E-state index is -2.13. The Balaban J connectivity index is 1.95. The van der Waals surface area contributed by atoms with Crippen molar-refractivity contribution in [2.45, 2.75) is 85.1 Å². The number of amides is 1. The number of ether oxygens (including phenoxy) is 5. The number of nitrogens with one attached hydrogen (secondary N) is 1. The second kappa shape index (κ2) is 16.1. The maximum Gasteiger partial charge on any atom is 0.341 e. The number of anilines is 1. The first-order chi connectivity index (χ1) is 25.6. The number of carboxylic acid groups (broad SMARTS) is 1. The molecule has 0 aromatic heterocycles. The zero-order chi connectivity index (χ0) is 41.3. The van der Waals surface area contributed by atoms with E-state index < -0.39 is 95.0 Å². The number of carbonyl (C=O) groups excluding carboxylic acids is 4. The van der Waals surface area contributed by atoms with Crippen LogP contribution in [0.15, 0.2) is 42.2 Å². The Kier molecular flexibility index (Phi) is 12.4. The van der Waals surface area contributed by atoms with Crippen molar-refractivity contribution < 1.29 is 73.2 Å². The van der Waals surface area contributed by atoms with Gasteiger partial charge in [0.25, 0.3) is 11.7 Å². The highest BCUT2D eigenvalue weighted by atomic mass is 16.7. The topological polar surface area (TPSA) is 245 Å². The molecular formula is C39H47NO15. The molecule has 6 N–H and O–H groups in total. The molecule has 5 rings (SSSR count). The minimum Gasteiger partial charge on any atom is -0.507 e. The maximum atomic E-state index is 14.2. The Labute approximate surface area is 317 Å². The predicted octanol–water partition coefficient (Wildman–Crippen LogP) is 3.84. The van der Waals surface area contributed by atoms with Crippen LogP contribution in [0, 0.1) is 24.7 Å². The van der Waals surface area contributed by atoms with E-state index in [9.17, 15) is 49.5 Å². The summed E-state index contributed by atoms with van der Waals surface area (Å²) in [5.74, 6) is -11.0. The first-order valence-electron chi connectivity index (χ1n) is 17.4. The highest BCUT2D eigenvalue weighted by molar-refractivity contribution is 6.21. The minimum absolute atomic E-state index is 0.00200. The third-order valence-electron chi connectivity index (χ3n) is 9.99. The van der Waals surface area contributed by atoms with E-state index in [0.29, 0.717) is 0 Å². The van der Waals surface area contributed by atoms with Crippen LogP contribution in [0.2, 0.25) is 0 Å². The third kappa shape index (κ3) is 8.30. The van der Waals surface area contributed by atoms with Crippen molar-refractivity contribution in [2.24, 2.45) is 17.8 Å². The zero-order valence-corrected chi connectivity index (χ0v) is 32.0. The molecule has 0 unspecified atom stereocenters. The lowest BCUT2D eigenvalue weighted by molar-refractivity contribution is -0.160. The number of hydrogen-bond acceptors (Lipinski definition) is 14. The first-order valence-corrected chi connectivity index (χ1v) is 17.4. The van der Waals surface area contributed by atoms with Crippen molar-refractivity contribution in [3.05, 3.63) is 53.3 Å². The van der Waals surface area contributed by atoms with E-state index in [4.69, 9.17) is 23.7 Å². The van der Waals surface area contributed by atoms with Crippen LogP contribution < -0.4 is 14.8 Å². The van der Waals surface area contributed by atoms with Gasteiger partial charge in [0, 0.05) is 61.3 Å². The molecule has 3 heterocycles. The number of aliphatic hydroxyl groups excluding tert-OH is 1. The average Bonchev–Trinajstić information content (AvgIpc) is 3.38. The van der Waals surface area contributed by atoms with Crippen molar-refractivity contribution >= 4 is 45.9 Å². The Morgan fingerprint density at radius 2 is 1.67 bits per heavy atom. The lowest BCUT2D eigenvalue weighted by Crippen LogP contribution is -2.48. The number of phenolic OH excluding ortho intramolecular Hbond substituents is 2. The fourth-order valence-corrected chi connectivity index (χ4v) is 6.77. The summed E-state index contributed by atoms with van der Waals surface area (Å²) in [4.78, 5) is 64.8. The van der Waals surface area contributed by atoms with Crippen LogP contribution in [-0.2, 0) is 33.4 Å². The molecule has 0 radical (unpaired) electrons. The number of benzene rings is 2. The van der Waals surface area contributed by atoms with E-state index >= 15 is 0 Å². The number of fused-ring (bicyclic) bond motifs is 14. The highest BCUT2D eigenvalue weighted by Crippen LogP contribution is 2.54. The molecule has 3 aliphatic rings. The molecule has 0 saturated heterocycles. The quantitative estimate of drug-likeness (QED) is 0.187. The summed E-state index contributed by atoms with van der Waals surface area (Å²) in [6, 6.07) is 1.08. The van der Waals surface area contributed by atoms with Gasteiger partial charge >= 0.3 is 17.7 Å². The molecule has 5 bridgehead atoms. The Morgan fingerprint density at radius 3 is 2.27 bits per heavy atom. The van der Waals surface area contributed by atoms with E-state index in [-0.39, 0.29) is 44.7 Å². The molecule has 0 spiro atoms. The van der Waals surface area contributed by atoms with Crippen LogP contribution in [-0.4, -0.2) is 98.4 Å². The fraction of sp³-hybridized carbons (Fsp3) is 0.462. The molecule has 298 valence electrons. The molecule has 0 fully saturated rings. The van der Waals surface area contributed by atoms with Gasteiger partial charge in [-0.2, -0.15) is 0 Å². The molecule has 16 heteroatoms. The molecule has 0 saturated carbocycles. The average molecular weight is 770 g/mol. The van der Waals surface area contributed by atoms with Gasteiger partial charge in [-0.15, -0.1) is 0 Å². The number of rotatable bonds is 5. The lowest BCUT2D eigenvalue weighted by atomic mass is 9.78. The van der Waals surface area contributed by atoms with Crippen LogP contribution in [0.5, 0.6) is 23.0 Å². The number of aliphatic carboxylic acids is 1. The fourth-order valence-electron chi connectivity index (χ4n) is 6.77. The molecule has 55 heavy (non-hydrogen) atoms. The normalized spacial score (nSPS) is 29.1. The second-order valence-corrected chi connectivity index (χ2v) is 14.2. The summed E-state index contributed by atoms with van der Waals surface area (Å²) in [5, 5.41) is 56.7. The van der Waals surface area contributed by atoms with Crippen molar-refractivity contribution in [1.82, 2.24) is 0 Å². The van der Waals surface area contributed by atoms with Gasteiger partial charge in [-0.05, 0) is 32.9 Å². The van der Waals surface area contributed by atoms with Crippen LogP contribution in [0.25, 0.3) is 10.8 Å². The van der Waals surface area contributed by atoms with Gasteiger partial charge in [-0.3, -0.25) is 19.2 Å². The summed E-state index contributed by atoms with van der Waals surface area (Å²) in [5.41, 5.74) is -2.66. The summed E-state index contributed by atoms with van der Waals surface area (Å²) in [6.45, 7) is 10.2. The first kappa shape index (κ1) is 42.3. The number of ketones is 2. The summed E-state index contributed by atoms with van der Waals surface area (Å²) in [6.07, 6.45) is 2.81. The number of hydrogen-bond donors (Lipinski definition) is 6. The number of Topliss-reactive ketones (excluding diaryl/α,β-unsaturated/α-hetero) is 2. The molecule has 8 atom stereocenters. The van der Waals surface area contributed by atoms with Crippen molar-refractivity contribution in [2.75, 3.05) is 19.0 Å². The van der Waals surface area contributed by atoms with E-state index in [1.165, 1.54) is 66.9 Å². The van der Waals surface area contributed by atoms with E-state index in [2.05, 4.69) is 5.32 Å². The molecule has 16 nitrogen and oxygen atoms in total. The zero-order valence-electron chi connectivity index (χ0n) is 32.0. The number of esters is 1. The number of aromatic hydroxyl groups is 2. The molecule has 3 aliphatic heterocycles. The number of methoxy groups -OCH3 is 1. The van der Waals surface area contributed by atoms with E-state index in [1.54, 1.807) is 13.8 Å². The number of allylic oxidation sites excluding steroid dienone is 2. The Hall–Kier alpha value is -5.45. The maximum absolute atomic E-state index is 14.2.